The fraction of sp³-hybridized carbons (Fsp3) is 0.400. The van der Waals surface area contributed by atoms with Crippen LogP contribution in [0.5, 0.6) is 0 Å². The van der Waals surface area contributed by atoms with Crippen molar-refractivity contribution in [2.45, 2.75) is 25.1 Å². The Morgan fingerprint density at radius 1 is 1.11 bits per heavy atom. The largest absolute Gasteiger partial charge is 0.433 e. The van der Waals surface area contributed by atoms with Gasteiger partial charge in [0.2, 0.25) is 0 Å². The van der Waals surface area contributed by atoms with Crippen molar-refractivity contribution >= 4 is 11.7 Å². The number of nitrogens with zero attached hydrogens (tertiary/aromatic N) is 2. The van der Waals surface area contributed by atoms with Crippen molar-refractivity contribution < 1.29 is 22.4 Å². The Bertz CT molecular complexity index is 886. The Kier molecular flexibility index (Phi) is 4.72. The Balaban J connectivity index is 1.45. The lowest BCUT2D eigenvalue weighted by molar-refractivity contribution is -0.141. The fourth-order valence-electron chi connectivity index (χ4n) is 4.27. The molecule has 4 rings (SSSR count). The van der Waals surface area contributed by atoms with E-state index in [-0.39, 0.29) is 29.3 Å². The highest BCUT2D eigenvalue weighted by atomic mass is 19.4. The van der Waals surface area contributed by atoms with E-state index in [2.05, 4.69) is 10.3 Å². The summed E-state index contributed by atoms with van der Waals surface area (Å²) < 4.78 is 52.1. The molecule has 1 aromatic carbocycles. The summed E-state index contributed by atoms with van der Waals surface area (Å²) in [5, 5.41) is 2.97. The standard InChI is InChI=1S/C20H19F4N3O/c21-14-4-1-3-12(9-14)19(28)25-16-8-7-13-10-27(11-15(13)16)18-6-2-5-17(26-18)20(22,23)24/h1-6,9,13,15-16H,7-8,10-11H2,(H,25,28)/t13-,15+,16+/m1/s1. The van der Waals surface area contributed by atoms with Gasteiger partial charge >= 0.3 is 6.18 Å². The molecule has 4 nitrogen and oxygen atoms in total. The number of halogens is 4. The van der Waals surface area contributed by atoms with Gasteiger partial charge in [-0.3, -0.25) is 4.79 Å². The predicted octanol–water partition coefficient (Wildman–Crippen LogP) is 3.88. The van der Waals surface area contributed by atoms with Crippen LogP contribution in [0.15, 0.2) is 42.5 Å². The van der Waals surface area contributed by atoms with Crippen LogP contribution in [-0.4, -0.2) is 30.0 Å². The van der Waals surface area contributed by atoms with Gasteiger partial charge < -0.3 is 10.2 Å². The Hall–Kier alpha value is -2.64. The Morgan fingerprint density at radius 2 is 1.89 bits per heavy atom. The van der Waals surface area contributed by atoms with Gasteiger partial charge in [-0.25, -0.2) is 9.37 Å². The summed E-state index contributed by atoms with van der Waals surface area (Å²) in [4.78, 5) is 18.0. The molecule has 0 radical (unpaired) electrons. The topological polar surface area (TPSA) is 45.2 Å². The van der Waals surface area contributed by atoms with Crippen molar-refractivity contribution in [2.24, 2.45) is 11.8 Å². The summed E-state index contributed by atoms with van der Waals surface area (Å²) >= 11 is 0. The number of carbonyl (C=O) groups is 1. The lowest BCUT2D eigenvalue weighted by Gasteiger charge is -2.23. The number of amides is 1. The molecule has 1 saturated carbocycles. The number of hydrogen-bond acceptors (Lipinski definition) is 3. The number of fused-ring (bicyclic) bond motifs is 1. The highest BCUT2D eigenvalue weighted by Crippen LogP contribution is 2.40. The van der Waals surface area contributed by atoms with Gasteiger partial charge in [-0.15, -0.1) is 0 Å². The van der Waals surface area contributed by atoms with Crippen molar-refractivity contribution in [1.29, 1.82) is 0 Å². The van der Waals surface area contributed by atoms with Crippen molar-refractivity contribution in [1.82, 2.24) is 10.3 Å². The van der Waals surface area contributed by atoms with E-state index in [9.17, 15) is 22.4 Å². The molecular formula is C20H19F4N3O. The van der Waals surface area contributed by atoms with Crippen molar-refractivity contribution in [3.8, 4) is 0 Å². The number of pyridine rings is 1. The van der Waals surface area contributed by atoms with E-state index < -0.39 is 17.7 Å². The van der Waals surface area contributed by atoms with Crippen LogP contribution < -0.4 is 10.2 Å². The second-order valence-electron chi connectivity index (χ2n) is 7.38. The highest BCUT2D eigenvalue weighted by molar-refractivity contribution is 5.94. The first-order chi connectivity index (χ1) is 13.3. The smallest absolute Gasteiger partial charge is 0.356 e. The van der Waals surface area contributed by atoms with Gasteiger partial charge in [-0.1, -0.05) is 12.1 Å². The van der Waals surface area contributed by atoms with E-state index in [1.807, 2.05) is 4.90 Å². The monoisotopic (exact) mass is 393 g/mol. The normalized spacial score (nSPS) is 24.3. The molecule has 0 bridgehead atoms. The molecule has 3 atom stereocenters. The molecule has 1 N–H and O–H groups in total. The maximum absolute atomic E-state index is 13.3. The summed E-state index contributed by atoms with van der Waals surface area (Å²) in [6.07, 6.45) is -2.79. The van der Waals surface area contributed by atoms with Crippen LogP contribution in [0.2, 0.25) is 0 Å². The van der Waals surface area contributed by atoms with E-state index in [1.54, 1.807) is 12.1 Å². The molecule has 2 fully saturated rings. The van der Waals surface area contributed by atoms with Gasteiger partial charge in [-0.05, 0) is 49.1 Å². The first kappa shape index (κ1) is 18.7. The van der Waals surface area contributed by atoms with Gasteiger partial charge in [0.05, 0.1) is 0 Å². The number of hydrogen-bond donors (Lipinski definition) is 1. The van der Waals surface area contributed by atoms with E-state index >= 15 is 0 Å². The molecule has 148 valence electrons. The first-order valence-electron chi connectivity index (χ1n) is 9.17. The summed E-state index contributed by atoms with van der Waals surface area (Å²) in [6, 6.07) is 9.32. The molecule has 2 aromatic rings. The van der Waals surface area contributed by atoms with Crippen LogP contribution in [0.4, 0.5) is 23.4 Å². The number of carbonyl (C=O) groups excluding carboxylic acids is 1. The second-order valence-corrected chi connectivity index (χ2v) is 7.38. The van der Waals surface area contributed by atoms with E-state index in [4.69, 9.17) is 0 Å². The molecule has 1 aliphatic heterocycles. The molecule has 1 aliphatic carbocycles. The Morgan fingerprint density at radius 3 is 2.64 bits per heavy atom. The zero-order valence-electron chi connectivity index (χ0n) is 14.9. The molecule has 2 aliphatic rings. The predicted molar refractivity (Wildman–Crippen MR) is 95.3 cm³/mol. The molecule has 1 aromatic heterocycles. The number of nitrogens with one attached hydrogen (secondary N) is 1. The second kappa shape index (κ2) is 7.07. The summed E-state index contributed by atoms with van der Waals surface area (Å²) in [6.45, 7) is 1.15. The molecule has 1 amide bonds. The van der Waals surface area contributed by atoms with Crippen LogP contribution in [-0.2, 0) is 6.18 Å². The van der Waals surface area contributed by atoms with Gasteiger partial charge in [0.15, 0.2) is 0 Å². The van der Waals surface area contributed by atoms with Crippen molar-refractivity contribution in [3.05, 3.63) is 59.5 Å². The summed E-state index contributed by atoms with van der Waals surface area (Å²) in [5.41, 5.74) is -0.643. The van der Waals surface area contributed by atoms with E-state index in [1.165, 1.54) is 24.3 Å². The van der Waals surface area contributed by atoms with Gasteiger partial charge in [0.1, 0.15) is 17.3 Å². The molecule has 0 unspecified atom stereocenters. The third kappa shape index (κ3) is 3.68. The van der Waals surface area contributed by atoms with Crippen LogP contribution in [0.25, 0.3) is 0 Å². The molecule has 1 saturated heterocycles. The first-order valence-corrected chi connectivity index (χ1v) is 9.17. The maximum atomic E-state index is 13.3. The minimum absolute atomic E-state index is 0.0865. The molecule has 8 heteroatoms. The zero-order chi connectivity index (χ0) is 19.9. The molecule has 28 heavy (non-hydrogen) atoms. The molecule has 2 heterocycles. The molecule has 0 spiro atoms. The fourth-order valence-corrected chi connectivity index (χ4v) is 4.27. The van der Waals surface area contributed by atoms with E-state index in [0.717, 1.165) is 18.9 Å². The van der Waals surface area contributed by atoms with Crippen LogP contribution >= 0.6 is 0 Å². The number of anilines is 1. The number of rotatable bonds is 3. The maximum Gasteiger partial charge on any atom is 0.433 e. The number of aromatic nitrogens is 1. The lowest BCUT2D eigenvalue weighted by atomic mass is 9.97. The lowest BCUT2D eigenvalue weighted by Crippen LogP contribution is -2.39. The SMILES string of the molecule is O=C(N[C@H]1CC[C@@H]2CN(c3cccc(C(F)(F)F)n3)C[C@@H]21)c1cccc(F)c1. The minimum Gasteiger partial charge on any atom is -0.356 e. The highest BCUT2D eigenvalue weighted by Gasteiger charge is 2.44. The van der Waals surface area contributed by atoms with Gasteiger partial charge in [-0.2, -0.15) is 13.2 Å². The van der Waals surface area contributed by atoms with Gasteiger partial charge in [0, 0.05) is 30.6 Å². The van der Waals surface area contributed by atoms with Crippen molar-refractivity contribution in [2.75, 3.05) is 18.0 Å². The van der Waals surface area contributed by atoms with Gasteiger partial charge in [0.25, 0.3) is 5.91 Å². The van der Waals surface area contributed by atoms with Crippen LogP contribution in [0.3, 0.4) is 0 Å². The third-order valence-electron chi connectivity index (χ3n) is 5.61. The van der Waals surface area contributed by atoms with Crippen LogP contribution in [0, 0.1) is 17.7 Å². The van der Waals surface area contributed by atoms with E-state index in [0.29, 0.717) is 18.9 Å². The third-order valence-corrected chi connectivity index (χ3v) is 5.61. The van der Waals surface area contributed by atoms with Crippen LogP contribution in [0.1, 0.15) is 28.9 Å². The summed E-state index contributed by atoms with van der Waals surface area (Å²) in [5.74, 6) is -0.0807. The minimum atomic E-state index is -4.48. The number of benzene rings is 1. The van der Waals surface area contributed by atoms with Crippen molar-refractivity contribution in [3.63, 3.8) is 0 Å². The Labute approximate surface area is 159 Å². The number of alkyl halides is 3. The average Bonchev–Trinajstić information content (AvgIpc) is 3.23. The zero-order valence-corrected chi connectivity index (χ0v) is 14.9. The molecular weight excluding hydrogens is 374 g/mol. The average molecular weight is 393 g/mol. The quantitative estimate of drug-likeness (QED) is 0.805. The summed E-state index contributed by atoms with van der Waals surface area (Å²) in [7, 11) is 0.